The molecule has 3 heteroatoms. The second-order valence-corrected chi connectivity index (χ2v) is 20.8. The largest absolute Gasteiger partial charge is 0.463 e. The van der Waals surface area contributed by atoms with E-state index in [4.69, 9.17) is 4.42 Å². The van der Waals surface area contributed by atoms with Gasteiger partial charge >= 0.3 is 0 Å². The van der Waals surface area contributed by atoms with Gasteiger partial charge in [0.15, 0.2) is 0 Å². The van der Waals surface area contributed by atoms with Crippen LogP contribution >= 0.6 is 0 Å². The summed E-state index contributed by atoms with van der Waals surface area (Å²) in [5.41, 5.74) is 17.3. The zero-order chi connectivity index (χ0) is 47.9. The Bertz CT molecular complexity index is 3210. The Morgan fingerprint density at radius 3 is 1.52 bits per heavy atom. The van der Waals surface area contributed by atoms with Crippen LogP contribution in [0.25, 0.3) is 55.5 Å². The minimum Gasteiger partial charge on any atom is -0.463 e. The molecule has 3 nitrogen and oxygen atoms in total. The first-order valence-corrected chi connectivity index (χ1v) is 24.4. The summed E-state index contributed by atoms with van der Waals surface area (Å²) in [6.45, 7) is 18.9. The molecule has 0 bridgehead atoms. The second kappa shape index (κ2) is 18.5. The summed E-state index contributed by atoms with van der Waals surface area (Å²) >= 11 is 0. The standard InChI is InChI=1S/C66H62N2O/c1-45-38-49(56-34-22-37-59-60(56)44-69-64(59)63-57(47-24-13-9-14-25-47)35-23-36-58(63)48-26-15-10-16-27-48)40-54(39-45)68(55-42-61(65(3,4)5)46(2)62(43-55)66(6,7)8)53-33-21-32-52(41-53)67(50-28-17-11-18-29-50)51-30-19-12-20-31-51/h9-44,46,61H,1-8H3. The van der Waals surface area contributed by atoms with Crippen molar-refractivity contribution in [1.82, 2.24) is 0 Å². The molecule has 9 aromatic rings. The molecule has 0 saturated heterocycles. The Balaban J connectivity index is 1.17. The fraction of sp³-hybridized carbons (Fsp3) is 0.182. The first-order valence-electron chi connectivity index (χ1n) is 24.4. The predicted octanol–water partition coefficient (Wildman–Crippen LogP) is 19.2. The molecule has 0 saturated carbocycles. The molecule has 69 heavy (non-hydrogen) atoms. The minimum absolute atomic E-state index is 0.0285. The summed E-state index contributed by atoms with van der Waals surface area (Å²) in [5.74, 6) is 1.56. The molecule has 0 amide bonds. The van der Waals surface area contributed by atoms with E-state index in [1.807, 2.05) is 6.26 Å². The maximum atomic E-state index is 6.83. The molecule has 1 aliphatic rings. The van der Waals surface area contributed by atoms with Crippen LogP contribution in [0.3, 0.4) is 0 Å². The Hall–Kier alpha value is -7.62. The minimum atomic E-state index is -0.0285. The summed E-state index contributed by atoms with van der Waals surface area (Å²) in [5, 5.41) is 2.16. The van der Waals surface area contributed by atoms with Gasteiger partial charge in [0.25, 0.3) is 0 Å². The zero-order valence-corrected chi connectivity index (χ0v) is 41.2. The van der Waals surface area contributed by atoms with Gasteiger partial charge in [-0.3, -0.25) is 0 Å². The third-order valence-corrected chi connectivity index (χ3v) is 13.9. The van der Waals surface area contributed by atoms with Crippen molar-refractivity contribution in [3.8, 4) is 44.7 Å². The summed E-state index contributed by atoms with van der Waals surface area (Å²) in [6, 6.07) is 72.1. The van der Waals surface area contributed by atoms with Crippen molar-refractivity contribution in [2.24, 2.45) is 22.7 Å². The maximum Gasteiger partial charge on any atom is 0.142 e. The summed E-state index contributed by atoms with van der Waals surface area (Å²) in [4.78, 5) is 4.86. The highest BCUT2D eigenvalue weighted by molar-refractivity contribution is 6.08. The van der Waals surface area contributed by atoms with Crippen LogP contribution in [-0.2, 0) is 0 Å². The Labute approximate surface area is 409 Å². The van der Waals surface area contributed by atoms with Crippen LogP contribution in [0, 0.1) is 29.6 Å². The molecule has 0 spiro atoms. The first-order chi connectivity index (χ1) is 33.3. The molecule has 1 aromatic heterocycles. The van der Waals surface area contributed by atoms with Crippen molar-refractivity contribution < 1.29 is 4.42 Å². The number of para-hydroxylation sites is 2. The van der Waals surface area contributed by atoms with Gasteiger partial charge in [0.1, 0.15) is 5.76 Å². The van der Waals surface area contributed by atoms with Crippen LogP contribution in [0.2, 0.25) is 0 Å². The normalized spacial score (nSPS) is 15.1. The molecule has 0 fully saturated rings. The van der Waals surface area contributed by atoms with E-state index in [0.717, 1.165) is 83.9 Å². The van der Waals surface area contributed by atoms with Gasteiger partial charge in [-0.1, -0.05) is 206 Å². The smallest absolute Gasteiger partial charge is 0.142 e. The van der Waals surface area contributed by atoms with E-state index in [1.54, 1.807) is 0 Å². The van der Waals surface area contributed by atoms with E-state index < -0.39 is 0 Å². The fourth-order valence-electron chi connectivity index (χ4n) is 10.8. The van der Waals surface area contributed by atoms with Crippen LogP contribution in [0.5, 0.6) is 0 Å². The van der Waals surface area contributed by atoms with Crippen molar-refractivity contribution in [3.63, 3.8) is 0 Å². The SMILES string of the molecule is Cc1cc(-c2cccc3c(-c4c(-c5ccccc5)cccc4-c4ccccc4)occ23)cc(N(C2=CC(C(C)(C)C)C(C)C(C(C)(C)C)=C2)c2cccc(N(c3ccccc3)c3ccccc3)c2)c1. The monoisotopic (exact) mass is 898 g/mol. The van der Waals surface area contributed by atoms with Crippen molar-refractivity contribution in [1.29, 1.82) is 0 Å². The van der Waals surface area contributed by atoms with Gasteiger partial charge in [0.05, 0.1) is 6.26 Å². The third-order valence-electron chi connectivity index (χ3n) is 13.9. The number of benzene rings is 8. The van der Waals surface area contributed by atoms with E-state index in [0.29, 0.717) is 11.8 Å². The average molecular weight is 899 g/mol. The van der Waals surface area contributed by atoms with Crippen molar-refractivity contribution in [2.75, 3.05) is 9.80 Å². The quantitative estimate of drug-likeness (QED) is 0.136. The molecule has 2 atom stereocenters. The molecule has 2 unspecified atom stereocenters. The number of allylic oxidation sites excluding steroid dienone is 3. The number of anilines is 5. The molecule has 342 valence electrons. The summed E-state index contributed by atoms with van der Waals surface area (Å²) in [6.07, 6.45) is 7.02. The molecule has 0 aliphatic heterocycles. The van der Waals surface area contributed by atoms with Crippen molar-refractivity contribution in [2.45, 2.75) is 55.4 Å². The van der Waals surface area contributed by atoms with E-state index in [9.17, 15) is 0 Å². The van der Waals surface area contributed by atoms with Gasteiger partial charge in [-0.15, -0.1) is 0 Å². The van der Waals surface area contributed by atoms with Gasteiger partial charge in [0, 0.05) is 50.5 Å². The number of hydrogen-bond acceptors (Lipinski definition) is 3. The van der Waals surface area contributed by atoms with Crippen LogP contribution in [0.4, 0.5) is 28.4 Å². The second-order valence-electron chi connectivity index (χ2n) is 20.8. The Morgan fingerprint density at radius 2 is 0.957 bits per heavy atom. The van der Waals surface area contributed by atoms with Gasteiger partial charge in [0.2, 0.25) is 0 Å². The van der Waals surface area contributed by atoms with Gasteiger partial charge in [-0.2, -0.15) is 0 Å². The van der Waals surface area contributed by atoms with Gasteiger partial charge in [-0.05, 0) is 129 Å². The van der Waals surface area contributed by atoms with E-state index in [1.165, 1.54) is 16.8 Å². The Morgan fingerprint density at radius 1 is 0.449 bits per heavy atom. The third kappa shape index (κ3) is 8.98. The van der Waals surface area contributed by atoms with Crippen LogP contribution < -0.4 is 9.80 Å². The van der Waals surface area contributed by atoms with Gasteiger partial charge in [-0.25, -0.2) is 0 Å². The summed E-state index contributed by atoms with van der Waals surface area (Å²) < 4.78 is 6.83. The molecule has 0 radical (unpaired) electrons. The maximum absolute atomic E-state index is 6.83. The number of furan rings is 1. The number of nitrogens with zero attached hydrogens (tertiary/aromatic N) is 2. The highest BCUT2D eigenvalue weighted by Crippen LogP contribution is 2.50. The topological polar surface area (TPSA) is 19.6 Å². The summed E-state index contributed by atoms with van der Waals surface area (Å²) in [7, 11) is 0. The zero-order valence-electron chi connectivity index (χ0n) is 41.2. The lowest BCUT2D eigenvalue weighted by molar-refractivity contribution is 0.217. The van der Waals surface area contributed by atoms with Crippen molar-refractivity contribution in [3.05, 3.63) is 235 Å². The first kappa shape index (κ1) is 45.2. The molecular formula is C66H62N2O. The van der Waals surface area contributed by atoms with E-state index >= 15 is 0 Å². The number of fused-ring (bicyclic) bond motifs is 1. The van der Waals surface area contributed by atoms with E-state index in [2.05, 4.69) is 278 Å². The van der Waals surface area contributed by atoms with Crippen LogP contribution in [0.15, 0.2) is 234 Å². The number of hydrogen-bond donors (Lipinski definition) is 0. The van der Waals surface area contributed by atoms with Crippen molar-refractivity contribution >= 4 is 39.2 Å². The fourth-order valence-corrected chi connectivity index (χ4v) is 10.8. The van der Waals surface area contributed by atoms with Crippen LogP contribution in [-0.4, -0.2) is 0 Å². The highest BCUT2D eigenvalue weighted by Gasteiger charge is 2.38. The number of rotatable bonds is 10. The molecular weight excluding hydrogens is 837 g/mol. The molecule has 0 N–H and O–H groups in total. The van der Waals surface area contributed by atoms with E-state index in [-0.39, 0.29) is 10.8 Å². The lowest BCUT2D eigenvalue weighted by Crippen LogP contribution is -2.34. The highest BCUT2D eigenvalue weighted by atomic mass is 16.3. The Kier molecular flexibility index (Phi) is 12.1. The molecule has 10 rings (SSSR count). The molecule has 1 heterocycles. The van der Waals surface area contributed by atoms with Gasteiger partial charge < -0.3 is 14.2 Å². The number of aryl methyl sites for hydroxylation is 1. The molecule has 1 aliphatic carbocycles. The lowest BCUT2D eigenvalue weighted by atomic mass is 9.64. The average Bonchev–Trinajstić information content (AvgIpc) is 3.79. The van der Waals surface area contributed by atoms with Crippen LogP contribution in [0.1, 0.15) is 54.0 Å². The molecule has 8 aromatic carbocycles. The lowest BCUT2D eigenvalue weighted by Gasteiger charge is -2.43. The predicted molar refractivity (Wildman–Crippen MR) is 294 cm³/mol.